The van der Waals surface area contributed by atoms with E-state index >= 15 is 0 Å². The van der Waals surface area contributed by atoms with Crippen LogP contribution in [0.1, 0.15) is 12.5 Å². The molecule has 1 aliphatic rings. The molecular formula is C18H21NO8. The number of nitrogens with one attached hydrogen (secondary N) is 1. The van der Waals surface area contributed by atoms with Gasteiger partial charge in [0.2, 0.25) is 12.2 Å². The largest absolute Gasteiger partial charge is 0.462 e. The minimum Gasteiger partial charge on any atom is -0.462 e. The van der Waals surface area contributed by atoms with E-state index in [0.29, 0.717) is 5.58 Å². The van der Waals surface area contributed by atoms with Gasteiger partial charge in [-0.05, 0) is 24.6 Å². The van der Waals surface area contributed by atoms with Crippen molar-refractivity contribution in [1.82, 2.24) is 5.32 Å². The Morgan fingerprint density at radius 2 is 2.00 bits per heavy atom. The second-order valence-electron chi connectivity index (χ2n) is 6.46. The van der Waals surface area contributed by atoms with Crippen LogP contribution in [0.15, 0.2) is 33.5 Å². The summed E-state index contributed by atoms with van der Waals surface area (Å²) in [6, 6.07) is 5.12. The van der Waals surface area contributed by atoms with E-state index in [1.54, 1.807) is 19.1 Å². The topological polar surface area (TPSA) is 138 Å². The summed E-state index contributed by atoms with van der Waals surface area (Å²) in [5, 5.41) is 32.9. The third-order valence-corrected chi connectivity index (χ3v) is 4.43. The second kappa shape index (κ2) is 7.65. The lowest BCUT2D eigenvalue weighted by molar-refractivity contribution is -0.244. The lowest BCUT2D eigenvalue weighted by Crippen LogP contribution is -2.65. The van der Waals surface area contributed by atoms with Crippen molar-refractivity contribution in [3.05, 3.63) is 40.2 Å². The summed E-state index contributed by atoms with van der Waals surface area (Å²) in [4.78, 5) is 23.0. The van der Waals surface area contributed by atoms with Crippen LogP contribution in [0, 0.1) is 6.92 Å². The molecule has 1 aromatic carbocycles. The number of amides is 1. The van der Waals surface area contributed by atoms with Crippen molar-refractivity contribution in [3.8, 4) is 5.75 Å². The highest BCUT2D eigenvalue weighted by molar-refractivity contribution is 5.81. The van der Waals surface area contributed by atoms with Gasteiger partial charge in [0, 0.05) is 24.4 Å². The molecule has 0 saturated carbocycles. The van der Waals surface area contributed by atoms with E-state index in [1.807, 2.05) is 0 Å². The maximum atomic E-state index is 11.6. The number of aliphatic hydroxyl groups is 3. The maximum Gasteiger partial charge on any atom is 0.336 e. The van der Waals surface area contributed by atoms with Crippen LogP contribution in [0.2, 0.25) is 0 Å². The van der Waals surface area contributed by atoms with Gasteiger partial charge in [0.05, 0.1) is 6.61 Å². The molecule has 0 bridgehead atoms. The standard InChI is InChI=1S/C18H21NO8/c1-8-5-14(22)26-12-6-10(3-4-11(8)12)25-18-15(19-9(2)21)17(24)16(23)13(7-20)27-18/h3-6,13,15-18,20,23-24H,7H2,1-2H3,(H,19,21)/t13?,15?,16-,17?,18+/m0/s1. The van der Waals surface area contributed by atoms with Crippen molar-refractivity contribution < 1.29 is 34.0 Å². The fourth-order valence-electron chi connectivity index (χ4n) is 3.08. The second-order valence-corrected chi connectivity index (χ2v) is 6.46. The Morgan fingerprint density at radius 3 is 2.67 bits per heavy atom. The first-order valence-corrected chi connectivity index (χ1v) is 8.41. The first kappa shape index (κ1) is 19.3. The van der Waals surface area contributed by atoms with Gasteiger partial charge in [-0.3, -0.25) is 4.79 Å². The van der Waals surface area contributed by atoms with Gasteiger partial charge in [0.15, 0.2) is 0 Å². The molecule has 0 radical (unpaired) electrons. The van der Waals surface area contributed by atoms with Gasteiger partial charge >= 0.3 is 5.63 Å². The van der Waals surface area contributed by atoms with Gasteiger partial charge in [-0.1, -0.05) is 0 Å². The molecule has 1 fully saturated rings. The molecule has 3 unspecified atom stereocenters. The molecule has 5 atom stereocenters. The number of aliphatic hydroxyl groups excluding tert-OH is 3. The average Bonchev–Trinajstić information content (AvgIpc) is 2.60. The third-order valence-electron chi connectivity index (χ3n) is 4.43. The van der Waals surface area contributed by atoms with Gasteiger partial charge in [-0.15, -0.1) is 0 Å². The van der Waals surface area contributed by atoms with Crippen LogP contribution in [0.5, 0.6) is 5.75 Å². The average molecular weight is 379 g/mol. The lowest BCUT2D eigenvalue weighted by atomic mass is 9.97. The maximum absolute atomic E-state index is 11.6. The van der Waals surface area contributed by atoms with E-state index in [0.717, 1.165) is 10.9 Å². The van der Waals surface area contributed by atoms with Crippen molar-refractivity contribution in [1.29, 1.82) is 0 Å². The Balaban J connectivity index is 1.91. The number of hydrogen-bond donors (Lipinski definition) is 4. The lowest BCUT2D eigenvalue weighted by Gasteiger charge is -2.42. The molecule has 27 heavy (non-hydrogen) atoms. The van der Waals surface area contributed by atoms with E-state index in [-0.39, 0.29) is 5.75 Å². The Kier molecular flexibility index (Phi) is 5.47. The highest BCUT2D eigenvalue weighted by atomic mass is 16.7. The fourth-order valence-corrected chi connectivity index (χ4v) is 3.08. The molecule has 9 nitrogen and oxygen atoms in total. The third kappa shape index (κ3) is 3.96. The van der Waals surface area contributed by atoms with E-state index in [1.165, 1.54) is 19.1 Å². The number of ether oxygens (including phenoxy) is 2. The van der Waals surface area contributed by atoms with Crippen molar-refractivity contribution in [3.63, 3.8) is 0 Å². The van der Waals surface area contributed by atoms with Crippen LogP contribution in [0.3, 0.4) is 0 Å². The molecule has 146 valence electrons. The molecule has 9 heteroatoms. The van der Waals surface area contributed by atoms with Crippen molar-refractivity contribution in [2.24, 2.45) is 0 Å². The molecule has 1 saturated heterocycles. The van der Waals surface area contributed by atoms with Crippen LogP contribution in [0.25, 0.3) is 11.0 Å². The number of fused-ring (bicyclic) bond motifs is 1. The monoisotopic (exact) mass is 379 g/mol. The van der Waals surface area contributed by atoms with E-state index in [9.17, 15) is 24.9 Å². The summed E-state index contributed by atoms with van der Waals surface area (Å²) >= 11 is 0. The molecule has 0 aliphatic carbocycles. The number of hydrogen-bond acceptors (Lipinski definition) is 8. The fraction of sp³-hybridized carbons (Fsp3) is 0.444. The summed E-state index contributed by atoms with van der Waals surface area (Å²) in [6.07, 6.45) is -5.08. The Labute approximate surface area is 154 Å². The van der Waals surface area contributed by atoms with Crippen LogP contribution in [-0.4, -0.2) is 58.5 Å². The smallest absolute Gasteiger partial charge is 0.336 e. The Hall–Kier alpha value is -2.46. The van der Waals surface area contributed by atoms with Gasteiger partial charge in [0.1, 0.15) is 35.7 Å². The van der Waals surface area contributed by atoms with Crippen molar-refractivity contribution in [2.75, 3.05) is 6.61 Å². The predicted molar refractivity (Wildman–Crippen MR) is 93.2 cm³/mol. The zero-order chi connectivity index (χ0) is 19.7. The summed E-state index contributed by atoms with van der Waals surface area (Å²) in [5.41, 5.74) is 0.557. The molecular weight excluding hydrogens is 358 g/mol. The van der Waals surface area contributed by atoms with Crippen LogP contribution in [0.4, 0.5) is 0 Å². The quantitative estimate of drug-likeness (QED) is 0.518. The zero-order valence-electron chi connectivity index (χ0n) is 14.8. The number of carbonyl (C=O) groups excluding carboxylic acids is 1. The van der Waals surface area contributed by atoms with Gasteiger partial charge in [-0.25, -0.2) is 4.79 Å². The molecule has 2 heterocycles. The van der Waals surface area contributed by atoms with Crippen LogP contribution >= 0.6 is 0 Å². The normalized spacial score (nSPS) is 28.1. The summed E-state index contributed by atoms with van der Waals surface area (Å²) in [5.74, 6) is -0.192. The van der Waals surface area contributed by atoms with Gasteiger partial charge in [0.25, 0.3) is 0 Å². The molecule has 1 aliphatic heterocycles. The first-order chi connectivity index (χ1) is 12.8. The SMILES string of the molecule is CC(=O)NC1C(O)[C@@H](O)C(CO)O[C@H]1Oc1ccc2c(C)cc(=O)oc2c1. The summed E-state index contributed by atoms with van der Waals surface area (Å²) < 4.78 is 16.4. The van der Waals surface area contributed by atoms with E-state index in [2.05, 4.69) is 5.32 Å². The Bertz CT molecular complexity index is 895. The van der Waals surface area contributed by atoms with Crippen LogP contribution in [-0.2, 0) is 9.53 Å². The van der Waals surface area contributed by atoms with E-state index < -0.39 is 48.8 Å². The Morgan fingerprint density at radius 1 is 1.26 bits per heavy atom. The van der Waals surface area contributed by atoms with E-state index in [4.69, 9.17) is 13.9 Å². The number of rotatable bonds is 4. The zero-order valence-corrected chi connectivity index (χ0v) is 14.8. The van der Waals surface area contributed by atoms with Crippen molar-refractivity contribution in [2.45, 2.75) is 44.5 Å². The number of aryl methyl sites for hydroxylation is 1. The van der Waals surface area contributed by atoms with Crippen LogP contribution < -0.4 is 15.7 Å². The highest BCUT2D eigenvalue weighted by Gasteiger charge is 2.46. The molecule has 1 aromatic heterocycles. The summed E-state index contributed by atoms with van der Waals surface area (Å²) in [6.45, 7) is 2.48. The van der Waals surface area contributed by atoms with Gasteiger partial charge in [-0.2, -0.15) is 0 Å². The first-order valence-electron chi connectivity index (χ1n) is 8.41. The van der Waals surface area contributed by atoms with Crippen molar-refractivity contribution >= 4 is 16.9 Å². The molecule has 4 N–H and O–H groups in total. The predicted octanol–water partition coefficient (Wildman–Crippen LogP) is -0.576. The number of carbonyl (C=O) groups is 1. The minimum atomic E-state index is -1.41. The molecule has 3 rings (SSSR count). The summed E-state index contributed by atoms with van der Waals surface area (Å²) in [7, 11) is 0. The molecule has 2 aromatic rings. The molecule has 1 amide bonds. The van der Waals surface area contributed by atoms with Gasteiger partial charge < -0.3 is 34.5 Å². The minimum absolute atomic E-state index is 0.261. The molecule has 0 spiro atoms. The number of benzene rings is 1. The highest BCUT2D eigenvalue weighted by Crippen LogP contribution is 2.27.